The molecule has 0 bridgehead atoms. The van der Waals surface area contributed by atoms with Crippen molar-refractivity contribution < 1.29 is 18.1 Å². The third kappa shape index (κ3) is 4.64. The van der Waals surface area contributed by atoms with Gasteiger partial charge in [0.15, 0.2) is 9.84 Å². The Bertz CT molecular complexity index is 757. The lowest BCUT2D eigenvalue weighted by molar-refractivity contribution is -0.384. The van der Waals surface area contributed by atoms with Gasteiger partial charge in [-0.05, 0) is 24.5 Å². The van der Waals surface area contributed by atoms with Crippen LogP contribution in [0.3, 0.4) is 0 Å². The standard InChI is InChI=1S/C16H20N2O5S/c1-2-9-17(15-8-10-24(22,23)12-15)16(19)7-6-13-4-3-5-14(11-13)18(20)21/h3-7,11,15H,2,8-10,12H2,1H3/b7-6+. The van der Waals surface area contributed by atoms with Gasteiger partial charge in [0.25, 0.3) is 5.69 Å². The summed E-state index contributed by atoms with van der Waals surface area (Å²) in [7, 11) is -3.07. The van der Waals surface area contributed by atoms with Crippen LogP contribution in [0.2, 0.25) is 0 Å². The molecule has 1 unspecified atom stereocenters. The highest BCUT2D eigenvalue weighted by molar-refractivity contribution is 7.91. The summed E-state index contributed by atoms with van der Waals surface area (Å²) in [4.78, 5) is 24.3. The zero-order valence-electron chi connectivity index (χ0n) is 13.4. The van der Waals surface area contributed by atoms with Gasteiger partial charge >= 0.3 is 0 Å². The number of nitro groups is 1. The van der Waals surface area contributed by atoms with Crippen molar-refractivity contribution in [3.63, 3.8) is 0 Å². The molecule has 8 heteroatoms. The molecule has 1 aromatic rings. The van der Waals surface area contributed by atoms with E-state index in [1.165, 1.54) is 24.3 Å². The third-order valence-electron chi connectivity index (χ3n) is 3.90. The topological polar surface area (TPSA) is 97.6 Å². The highest BCUT2D eigenvalue weighted by Crippen LogP contribution is 2.19. The fourth-order valence-corrected chi connectivity index (χ4v) is 4.47. The van der Waals surface area contributed by atoms with Crippen molar-refractivity contribution in [3.8, 4) is 0 Å². The van der Waals surface area contributed by atoms with Crippen molar-refractivity contribution in [2.45, 2.75) is 25.8 Å². The largest absolute Gasteiger partial charge is 0.335 e. The summed E-state index contributed by atoms with van der Waals surface area (Å²) in [6.07, 6.45) is 4.05. The van der Waals surface area contributed by atoms with Crippen LogP contribution >= 0.6 is 0 Å². The molecular weight excluding hydrogens is 332 g/mol. The zero-order valence-corrected chi connectivity index (χ0v) is 14.2. The Kier molecular flexibility index (Phi) is 5.71. The Morgan fingerprint density at radius 3 is 2.79 bits per heavy atom. The summed E-state index contributed by atoms with van der Waals surface area (Å²) in [5.74, 6) is -0.158. The maximum atomic E-state index is 12.4. The first-order valence-electron chi connectivity index (χ1n) is 7.76. The second-order valence-electron chi connectivity index (χ2n) is 5.77. The number of carbonyl (C=O) groups excluding carboxylic acids is 1. The molecule has 7 nitrogen and oxygen atoms in total. The van der Waals surface area contributed by atoms with Gasteiger partial charge in [0, 0.05) is 30.8 Å². The number of hydrogen-bond acceptors (Lipinski definition) is 5. The normalized spacial score (nSPS) is 19.5. The van der Waals surface area contributed by atoms with Crippen LogP contribution < -0.4 is 0 Å². The molecule has 0 aromatic heterocycles. The van der Waals surface area contributed by atoms with Crippen molar-refractivity contribution in [3.05, 3.63) is 46.0 Å². The minimum Gasteiger partial charge on any atom is -0.335 e. The number of nitrogens with zero attached hydrogens (tertiary/aromatic N) is 2. The molecule has 0 radical (unpaired) electrons. The first-order valence-corrected chi connectivity index (χ1v) is 9.58. The second kappa shape index (κ2) is 7.57. The van der Waals surface area contributed by atoms with Gasteiger partial charge in [-0.3, -0.25) is 14.9 Å². The number of sulfone groups is 1. The second-order valence-corrected chi connectivity index (χ2v) is 8.00. The summed E-state index contributed by atoms with van der Waals surface area (Å²) < 4.78 is 23.3. The molecule has 0 saturated carbocycles. The molecule has 0 aliphatic carbocycles. The molecular formula is C16H20N2O5S. The zero-order chi connectivity index (χ0) is 17.7. The van der Waals surface area contributed by atoms with Gasteiger partial charge in [-0.2, -0.15) is 0 Å². The molecule has 0 spiro atoms. The van der Waals surface area contributed by atoms with E-state index in [0.717, 1.165) is 6.42 Å². The highest BCUT2D eigenvalue weighted by atomic mass is 32.2. The van der Waals surface area contributed by atoms with Crippen LogP contribution in [0.4, 0.5) is 5.69 Å². The predicted octanol–water partition coefficient (Wildman–Crippen LogP) is 2.03. The molecule has 1 aromatic carbocycles. The summed E-state index contributed by atoms with van der Waals surface area (Å²) >= 11 is 0. The number of hydrogen-bond donors (Lipinski definition) is 0. The van der Waals surface area contributed by atoms with Gasteiger partial charge in [0.1, 0.15) is 0 Å². The van der Waals surface area contributed by atoms with E-state index < -0.39 is 14.8 Å². The smallest absolute Gasteiger partial charge is 0.270 e. The Morgan fingerprint density at radius 2 is 2.21 bits per heavy atom. The minimum absolute atomic E-state index is 0.00336. The maximum Gasteiger partial charge on any atom is 0.270 e. The highest BCUT2D eigenvalue weighted by Gasteiger charge is 2.33. The molecule has 1 amide bonds. The molecule has 1 heterocycles. The van der Waals surface area contributed by atoms with Gasteiger partial charge in [-0.25, -0.2) is 8.42 Å². The van der Waals surface area contributed by atoms with E-state index in [0.29, 0.717) is 18.5 Å². The van der Waals surface area contributed by atoms with E-state index in [2.05, 4.69) is 0 Å². The van der Waals surface area contributed by atoms with Gasteiger partial charge < -0.3 is 4.90 Å². The number of non-ortho nitro benzene ring substituents is 1. The van der Waals surface area contributed by atoms with E-state index in [1.54, 1.807) is 17.0 Å². The Balaban J connectivity index is 2.13. The average molecular weight is 352 g/mol. The minimum atomic E-state index is -3.07. The predicted molar refractivity (Wildman–Crippen MR) is 91.2 cm³/mol. The summed E-state index contributed by atoms with van der Waals surface area (Å²) in [5, 5.41) is 10.8. The number of nitro benzene ring substituents is 1. The number of carbonyl (C=O) groups is 1. The van der Waals surface area contributed by atoms with E-state index in [9.17, 15) is 23.3 Å². The van der Waals surface area contributed by atoms with E-state index in [4.69, 9.17) is 0 Å². The van der Waals surface area contributed by atoms with Crippen molar-refractivity contribution in [1.82, 2.24) is 4.90 Å². The van der Waals surface area contributed by atoms with E-state index in [-0.39, 0.29) is 29.1 Å². The summed E-state index contributed by atoms with van der Waals surface area (Å²) in [5.41, 5.74) is 0.505. The van der Waals surface area contributed by atoms with Crippen molar-refractivity contribution >= 4 is 27.5 Å². The van der Waals surface area contributed by atoms with Crippen LogP contribution in [-0.2, 0) is 14.6 Å². The summed E-state index contributed by atoms with van der Waals surface area (Å²) in [6.45, 7) is 2.41. The fraction of sp³-hybridized carbons (Fsp3) is 0.438. The van der Waals surface area contributed by atoms with Crippen molar-refractivity contribution in [2.75, 3.05) is 18.1 Å². The van der Waals surface area contributed by atoms with Crippen LogP contribution in [0, 0.1) is 10.1 Å². The van der Waals surface area contributed by atoms with Gasteiger partial charge in [0.2, 0.25) is 5.91 Å². The molecule has 2 rings (SSSR count). The first-order chi connectivity index (χ1) is 11.3. The molecule has 24 heavy (non-hydrogen) atoms. The van der Waals surface area contributed by atoms with Crippen molar-refractivity contribution in [1.29, 1.82) is 0 Å². The molecule has 1 saturated heterocycles. The lowest BCUT2D eigenvalue weighted by Gasteiger charge is -2.26. The molecule has 1 fully saturated rings. The van der Waals surface area contributed by atoms with Gasteiger partial charge in [0.05, 0.1) is 16.4 Å². The van der Waals surface area contributed by atoms with E-state index >= 15 is 0 Å². The SMILES string of the molecule is CCCN(C(=O)/C=C/c1cccc([N+](=O)[O-])c1)C1CCS(=O)(=O)C1. The molecule has 1 aliphatic rings. The number of benzene rings is 1. The number of rotatable bonds is 6. The Hall–Kier alpha value is -2.22. The fourth-order valence-electron chi connectivity index (χ4n) is 2.74. The van der Waals surface area contributed by atoms with Crippen LogP contribution in [0.5, 0.6) is 0 Å². The number of amides is 1. The van der Waals surface area contributed by atoms with Gasteiger partial charge in [-0.1, -0.05) is 19.1 Å². The van der Waals surface area contributed by atoms with Crippen molar-refractivity contribution in [2.24, 2.45) is 0 Å². The van der Waals surface area contributed by atoms with Gasteiger partial charge in [-0.15, -0.1) is 0 Å². The van der Waals surface area contributed by atoms with E-state index in [1.807, 2.05) is 6.92 Å². The first kappa shape index (κ1) is 18.1. The quantitative estimate of drug-likeness (QED) is 0.443. The maximum absolute atomic E-state index is 12.4. The molecule has 130 valence electrons. The van der Waals surface area contributed by atoms with Crippen LogP contribution in [0.1, 0.15) is 25.3 Å². The Labute approximate surface area is 141 Å². The average Bonchev–Trinajstić information content (AvgIpc) is 2.90. The lowest BCUT2D eigenvalue weighted by Crippen LogP contribution is -2.40. The summed E-state index contributed by atoms with van der Waals surface area (Å²) in [6, 6.07) is 5.69. The van der Waals surface area contributed by atoms with Crippen LogP contribution in [0.15, 0.2) is 30.3 Å². The van der Waals surface area contributed by atoms with Crippen LogP contribution in [-0.4, -0.2) is 48.2 Å². The Morgan fingerprint density at radius 1 is 1.46 bits per heavy atom. The lowest BCUT2D eigenvalue weighted by atomic mass is 10.1. The third-order valence-corrected chi connectivity index (χ3v) is 5.65. The molecule has 1 atom stereocenters. The molecule has 0 N–H and O–H groups in total. The monoisotopic (exact) mass is 352 g/mol. The molecule has 1 aliphatic heterocycles. The van der Waals surface area contributed by atoms with Crippen LogP contribution in [0.25, 0.3) is 6.08 Å².